The van der Waals surface area contributed by atoms with Gasteiger partial charge in [-0.2, -0.15) is 12.8 Å². The van der Waals surface area contributed by atoms with Gasteiger partial charge in [-0.25, -0.2) is 4.58 Å². The van der Waals surface area contributed by atoms with E-state index in [0.29, 0.717) is 0 Å². The first-order chi connectivity index (χ1) is 13.3. The standard InChI is InChI=1S/C17H19NO3P.2C3H7.Ni/c1-11-5-7-13-15(9-11)21-16-10-12(18(2)3)6-8-14(16)17(13)22(19)20-4;2*1-3-2;/h5-10,22H,1-4H3;2*1,3H2,2H3;/q+1;2*-1;+2. The molecule has 0 saturated heterocycles. The number of benzene rings is 2. The van der Waals surface area contributed by atoms with Crippen molar-refractivity contribution in [3.8, 4) is 11.3 Å². The fraction of sp³-hybridized carbons (Fsp3) is 0.348. The Kier molecular flexibility index (Phi) is 13.1. The van der Waals surface area contributed by atoms with E-state index in [4.69, 9.17) is 8.94 Å². The fourth-order valence-corrected chi connectivity index (χ4v) is 3.64. The second-order valence-electron chi connectivity index (χ2n) is 6.54. The second kappa shape index (κ2) is 13.7. The molecule has 3 rings (SSSR count). The van der Waals surface area contributed by atoms with E-state index in [-0.39, 0.29) is 16.5 Å². The Morgan fingerprint density at radius 1 is 1.07 bits per heavy atom. The molecule has 0 aromatic heterocycles. The van der Waals surface area contributed by atoms with E-state index in [2.05, 4.69) is 13.8 Å². The van der Waals surface area contributed by atoms with Gasteiger partial charge in [0.1, 0.15) is 25.4 Å². The molecular formula is C23H33NNiO3P+. The summed E-state index contributed by atoms with van der Waals surface area (Å²) < 4.78 is 25.7. The molecule has 0 spiro atoms. The number of aryl methyl sites for hydroxylation is 1. The van der Waals surface area contributed by atoms with Gasteiger partial charge in [0.2, 0.25) is 13.4 Å². The number of nitrogens with zero attached hydrogens (tertiary/aromatic N) is 1. The average Bonchev–Trinajstić information content (AvgIpc) is 2.66. The molecule has 1 heterocycles. The maximum Gasteiger partial charge on any atom is 2.00 e. The van der Waals surface area contributed by atoms with E-state index in [1.807, 2.05) is 75.8 Å². The summed E-state index contributed by atoms with van der Waals surface area (Å²) in [5.41, 5.74) is 2.67. The predicted octanol–water partition coefficient (Wildman–Crippen LogP) is 5.08. The first-order valence-corrected chi connectivity index (χ1v) is 10.8. The maximum absolute atomic E-state index is 12.5. The summed E-state index contributed by atoms with van der Waals surface area (Å²) >= 11 is 0. The molecule has 1 aliphatic carbocycles. The van der Waals surface area contributed by atoms with Crippen LogP contribution in [0, 0.1) is 20.8 Å². The Morgan fingerprint density at radius 2 is 1.66 bits per heavy atom. The summed E-state index contributed by atoms with van der Waals surface area (Å²) in [6, 6.07) is 11.8. The SMILES string of the molecule is CO[PH](=O)c1c2ccc(=[N+](C)C)cc-2oc2cc(C)ccc12.[CH2-]CC.[CH2-]CC.[Ni+2]. The molecule has 29 heavy (non-hydrogen) atoms. The summed E-state index contributed by atoms with van der Waals surface area (Å²) in [5, 5.41) is 2.61. The normalized spacial score (nSPS) is 10.9. The molecule has 2 aliphatic rings. The smallest absolute Gasteiger partial charge is 0.456 e. The van der Waals surface area contributed by atoms with Crippen molar-refractivity contribution in [2.75, 3.05) is 21.2 Å². The van der Waals surface area contributed by atoms with Crippen LogP contribution in [0.1, 0.15) is 32.3 Å². The van der Waals surface area contributed by atoms with Crippen molar-refractivity contribution < 1.29 is 30.0 Å². The molecule has 1 aromatic carbocycles. The minimum absolute atomic E-state index is 0. The van der Waals surface area contributed by atoms with Gasteiger partial charge in [0.25, 0.3) is 0 Å². The van der Waals surface area contributed by atoms with Crippen LogP contribution >= 0.6 is 8.03 Å². The zero-order valence-electron chi connectivity index (χ0n) is 18.3. The van der Waals surface area contributed by atoms with E-state index in [9.17, 15) is 4.57 Å². The summed E-state index contributed by atoms with van der Waals surface area (Å²) in [6.07, 6.45) is 2.00. The summed E-state index contributed by atoms with van der Waals surface area (Å²) in [6.45, 7) is 13.0. The molecule has 0 amide bonds. The van der Waals surface area contributed by atoms with Gasteiger partial charge in [-0.15, -0.1) is 0 Å². The van der Waals surface area contributed by atoms with Gasteiger partial charge >= 0.3 is 16.5 Å². The first-order valence-electron chi connectivity index (χ1n) is 9.48. The van der Waals surface area contributed by atoms with Crippen molar-refractivity contribution in [1.82, 2.24) is 4.58 Å². The average molecular weight is 461 g/mol. The minimum atomic E-state index is -2.33. The molecule has 1 aromatic rings. The van der Waals surface area contributed by atoms with Crippen LogP contribution in [0.4, 0.5) is 0 Å². The van der Waals surface area contributed by atoms with E-state index in [1.54, 1.807) is 0 Å². The zero-order valence-corrected chi connectivity index (χ0v) is 20.3. The van der Waals surface area contributed by atoms with Crippen LogP contribution in [-0.4, -0.2) is 21.2 Å². The summed E-state index contributed by atoms with van der Waals surface area (Å²) in [5.74, 6) is 0.717. The van der Waals surface area contributed by atoms with Crippen LogP contribution in [0.15, 0.2) is 40.8 Å². The first kappa shape index (κ1) is 27.6. The number of hydrogen-bond donors (Lipinski definition) is 0. The maximum atomic E-state index is 12.5. The minimum Gasteiger partial charge on any atom is -0.456 e. The van der Waals surface area contributed by atoms with Gasteiger partial charge in [0.05, 0.1) is 11.4 Å². The molecular weight excluding hydrogens is 428 g/mol. The van der Waals surface area contributed by atoms with Crippen molar-refractivity contribution >= 4 is 24.3 Å². The summed E-state index contributed by atoms with van der Waals surface area (Å²) in [7, 11) is 3.11. The van der Waals surface area contributed by atoms with Crippen LogP contribution in [-0.2, 0) is 25.6 Å². The monoisotopic (exact) mass is 460 g/mol. The van der Waals surface area contributed by atoms with E-state index < -0.39 is 8.03 Å². The third-order valence-electron chi connectivity index (χ3n) is 3.77. The number of fused-ring (bicyclic) bond motifs is 2. The molecule has 1 aliphatic heterocycles. The quantitative estimate of drug-likeness (QED) is 0.176. The Hall–Kier alpha value is -1.41. The summed E-state index contributed by atoms with van der Waals surface area (Å²) in [4.78, 5) is 0. The zero-order chi connectivity index (χ0) is 21.3. The molecule has 0 N–H and O–H groups in total. The van der Waals surface area contributed by atoms with Crippen LogP contribution in [0.2, 0.25) is 0 Å². The molecule has 4 nitrogen and oxygen atoms in total. The van der Waals surface area contributed by atoms with Gasteiger partial charge in [-0.3, -0.25) is 4.57 Å². The molecule has 0 bridgehead atoms. The van der Waals surface area contributed by atoms with Gasteiger partial charge in [-0.1, -0.05) is 26.0 Å². The molecule has 0 fully saturated rings. The predicted molar refractivity (Wildman–Crippen MR) is 122 cm³/mol. The van der Waals surface area contributed by atoms with E-state index >= 15 is 0 Å². The van der Waals surface area contributed by atoms with E-state index in [0.717, 1.165) is 51.4 Å². The second-order valence-corrected chi connectivity index (χ2v) is 8.03. The van der Waals surface area contributed by atoms with Crippen molar-refractivity contribution in [2.45, 2.75) is 33.6 Å². The van der Waals surface area contributed by atoms with E-state index in [1.165, 1.54) is 7.11 Å². The van der Waals surface area contributed by atoms with Gasteiger partial charge in [-0.05, 0) is 24.6 Å². The van der Waals surface area contributed by atoms with Crippen molar-refractivity contribution in [3.63, 3.8) is 0 Å². The molecule has 0 radical (unpaired) electrons. The Labute approximate surface area is 186 Å². The largest absolute Gasteiger partial charge is 2.00 e. The van der Waals surface area contributed by atoms with Crippen molar-refractivity contribution in [2.24, 2.45) is 0 Å². The van der Waals surface area contributed by atoms with Gasteiger partial charge < -0.3 is 22.8 Å². The van der Waals surface area contributed by atoms with Crippen LogP contribution in [0.25, 0.3) is 22.3 Å². The molecule has 1 unspecified atom stereocenters. The fourth-order valence-electron chi connectivity index (χ4n) is 2.59. The Bertz CT molecular complexity index is 960. The molecule has 0 saturated carbocycles. The van der Waals surface area contributed by atoms with Crippen LogP contribution < -0.4 is 15.2 Å². The van der Waals surface area contributed by atoms with Crippen LogP contribution in [0.3, 0.4) is 0 Å². The number of rotatable bonds is 2. The number of hydrogen-bond acceptors (Lipinski definition) is 3. The molecule has 6 heteroatoms. The third-order valence-corrected chi connectivity index (χ3v) is 5.08. The van der Waals surface area contributed by atoms with Crippen LogP contribution in [0.5, 0.6) is 0 Å². The van der Waals surface area contributed by atoms with Gasteiger partial charge in [0.15, 0.2) is 0 Å². The third kappa shape index (κ3) is 7.41. The van der Waals surface area contributed by atoms with Crippen molar-refractivity contribution in [1.29, 1.82) is 0 Å². The van der Waals surface area contributed by atoms with Crippen molar-refractivity contribution in [3.05, 3.63) is 61.2 Å². The Morgan fingerprint density at radius 3 is 2.17 bits per heavy atom. The molecule has 1 atom stereocenters. The molecule has 162 valence electrons. The topological polar surface area (TPSA) is 42.5 Å². The Balaban J connectivity index is 0.00000100. The van der Waals surface area contributed by atoms with Gasteiger partial charge in [0, 0.05) is 24.1 Å².